The van der Waals surface area contributed by atoms with E-state index in [4.69, 9.17) is 14.2 Å². The number of carbonyl (C=O) groups excluding carboxylic acids is 2. The lowest BCUT2D eigenvalue weighted by molar-refractivity contribution is -0.300. The zero-order valence-electron chi connectivity index (χ0n) is 31.4. The number of hydrogen-bond acceptors (Lipinski definition) is 7. The Morgan fingerprint density at radius 2 is 1.35 bits per heavy atom. The highest BCUT2D eigenvalue weighted by molar-refractivity contribution is 5.89. The van der Waals surface area contributed by atoms with Crippen LogP contribution in [0.3, 0.4) is 0 Å². The van der Waals surface area contributed by atoms with E-state index in [1.54, 1.807) is 26.0 Å². The van der Waals surface area contributed by atoms with Crippen molar-refractivity contribution in [3.63, 3.8) is 0 Å². The van der Waals surface area contributed by atoms with Gasteiger partial charge in [0.15, 0.2) is 6.10 Å². The van der Waals surface area contributed by atoms with Crippen LogP contribution in [0.25, 0.3) is 0 Å². The van der Waals surface area contributed by atoms with Crippen LogP contribution in [0.4, 0.5) is 0 Å². The third-order valence-corrected chi connectivity index (χ3v) is 17.3. The van der Waals surface area contributed by atoms with Gasteiger partial charge in [-0.2, -0.15) is 0 Å². The molecule has 0 amide bonds. The summed E-state index contributed by atoms with van der Waals surface area (Å²) in [4.78, 5) is 27.1. The van der Waals surface area contributed by atoms with Crippen molar-refractivity contribution in [3.05, 3.63) is 23.3 Å². The molecule has 0 aromatic carbocycles. The lowest BCUT2D eigenvalue weighted by atomic mass is 9.30. The molecule has 48 heavy (non-hydrogen) atoms. The molecule has 0 aromatic rings. The largest absolute Gasteiger partial charge is 0.455 e. The van der Waals surface area contributed by atoms with E-state index in [0.29, 0.717) is 29.4 Å². The second-order valence-corrected chi connectivity index (χ2v) is 19.4. The van der Waals surface area contributed by atoms with Crippen LogP contribution in [-0.2, 0) is 23.8 Å². The third kappa shape index (κ3) is 3.83. The lowest BCUT2D eigenvalue weighted by Crippen LogP contribution is -2.74. The molecule has 0 radical (unpaired) electrons. The van der Waals surface area contributed by atoms with Gasteiger partial charge in [-0.3, -0.25) is 0 Å². The zero-order valence-corrected chi connectivity index (χ0v) is 31.4. The molecule has 0 aromatic heterocycles. The minimum Gasteiger partial charge on any atom is -0.455 e. The second kappa shape index (κ2) is 10.4. The van der Waals surface area contributed by atoms with Crippen molar-refractivity contribution in [2.45, 2.75) is 164 Å². The molecule has 7 aliphatic rings. The lowest BCUT2D eigenvalue weighted by Gasteiger charge is -2.74. The van der Waals surface area contributed by atoms with Crippen LogP contribution in [0.15, 0.2) is 23.3 Å². The topological polar surface area (TPSA) is 102 Å². The maximum Gasteiger partial charge on any atom is 0.333 e. The molecule has 7 rings (SSSR count). The maximum absolute atomic E-state index is 13.6. The van der Waals surface area contributed by atoms with E-state index in [1.807, 2.05) is 13.8 Å². The standard InChI is InChI=1S/C41H62O7/c1-12-22(3)33(44)46-30-29-31-41(32(30)47-34(45)23(4)13-2)26(20-35(29,5)6)40(48-31)19-15-25-37(9)17-16-27(42)36(7,8)24(37)14-18-38(25,10)39(40,11)21-28(41)43/h12-13,24-32,42-43H,14-21H2,1-11H3/b22-12-,23-13-/t24?,25?,26?,27-,28+,29?,30+,31+,32-,37-,38+,39-,40-,41-/m0/s1. The summed E-state index contributed by atoms with van der Waals surface area (Å²) in [6.07, 6.45) is 7.82. The van der Waals surface area contributed by atoms with Crippen LogP contribution < -0.4 is 0 Å². The van der Waals surface area contributed by atoms with Gasteiger partial charge in [0.05, 0.1) is 29.3 Å². The Morgan fingerprint density at radius 3 is 1.98 bits per heavy atom. The molecule has 1 saturated heterocycles. The number of aliphatic hydroxyl groups is 2. The molecule has 1 heterocycles. The van der Waals surface area contributed by atoms with Gasteiger partial charge in [0, 0.05) is 28.4 Å². The Morgan fingerprint density at radius 1 is 0.750 bits per heavy atom. The summed E-state index contributed by atoms with van der Waals surface area (Å²) in [6.45, 7) is 23.7. The molecule has 5 bridgehead atoms. The number of fused-ring (bicyclic) bond motifs is 4. The summed E-state index contributed by atoms with van der Waals surface area (Å²) < 4.78 is 20.6. The predicted octanol–water partition coefficient (Wildman–Crippen LogP) is 7.33. The molecule has 1 aliphatic heterocycles. The van der Waals surface area contributed by atoms with Crippen molar-refractivity contribution < 1.29 is 34.0 Å². The predicted molar refractivity (Wildman–Crippen MR) is 183 cm³/mol. The highest BCUT2D eigenvalue weighted by atomic mass is 16.6. The van der Waals surface area contributed by atoms with Crippen molar-refractivity contribution in [2.24, 2.45) is 56.2 Å². The summed E-state index contributed by atoms with van der Waals surface area (Å²) in [7, 11) is 0. The van der Waals surface area contributed by atoms with E-state index in [0.717, 1.165) is 44.9 Å². The van der Waals surface area contributed by atoms with E-state index in [-0.39, 0.29) is 45.0 Å². The Bertz CT molecular complexity index is 1460. The normalized spacial score (nSPS) is 52.9. The Kier molecular flexibility index (Phi) is 7.55. The van der Waals surface area contributed by atoms with Gasteiger partial charge in [-0.1, -0.05) is 60.6 Å². The summed E-state index contributed by atoms with van der Waals surface area (Å²) in [5.41, 5.74) is -1.06. The van der Waals surface area contributed by atoms with Crippen molar-refractivity contribution >= 4 is 11.9 Å². The van der Waals surface area contributed by atoms with Crippen molar-refractivity contribution in [1.29, 1.82) is 0 Å². The highest BCUT2D eigenvalue weighted by Gasteiger charge is 2.89. The van der Waals surface area contributed by atoms with E-state index in [1.165, 1.54) is 0 Å². The van der Waals surface area contributed by atoms with Gasteiger partial charge in [-0.05, 0) is 113 Å². The van der Waals surface area contributed by atoms with Gasteiger partial charge < -0.3 is 24.4 Å². The number of aliphatic hydroxyl groups excluding tert-OH is 2. The maximum atomic E-state index is 13.6. The Labute approximate surface area is 288 Å². The zero-order chi connectivity index (χ0) is 35.2. The Balaban J connectivity index is 1.36. The number of esters is 2. The minimum absolute atomic E-state index is 0.0573. The first-order chi connectivity index (χ1) is 22.2. The molecule has 2 spiro atoms. The first-order valence-corrected chi connectivity index (χ1v) is 19.0. The van der Waals surface area contributed by atoms with E-state index < -0.39 is 47.4 Å². The quantitative estimate of drug-likeness (QED) is 0.239. The number of allylic oxidation sites excluding steroid dienone is 2. The fourth-order valence-corrected chi connectivity index (χ4v) is 14.5. The fourth-order valence-electron chi connectivity index (χ4n) is 14.5. The fraction of sp³-hybridized carbons (Fsp3) is 0.854. The van der Waals surface area contributed by atoms with Crippen LogP contribution in [0.1, 0.15) is 128 Å². The molecule has 7 nitrogen and oxygen atoms in total. The van der Waals surface area contributed by atoms with Gasteiger partial charge in [0.1, 0.15) is 6.10 Å². The van der Waals surface area contributed by atoms with Crippen molar-refractivity contribution in [1.82, 2.24) is 0 Å². The molecule has 7 heteroatoms. The first kappa shape index (κ1) is 34.7. The molecule has 14 atom stereocenters. The van der Waals surface area contributed by atoms with Crippen LogP contribution in [0.2, 0.25) is 0 Å². The van der Waals surface area contributed by atoms with Crippen molar-refractivity contribution in [2.75, 3.05) is 0 Å². The number of hydrogen-bond donors (Lipinski definition) is 2. The molecule has 2 N–H and O–H groups in total. The first-order valence-electron chi connectivity index (χ1n) is 19.0. The molecule has 268 valence electrons. The van der Waals surface area contributed by atoms with Gasteiger partial charge in [0.2, 0.25) is 0 Å². The smallest absolute Gasteiger partial charge is 0.333 e. The molecular weight excluding hydrogens is 604 g/mol. The van der Waals surface area contributed by atoms with Crippen LogP contribution >= 0.6 is 0 Å². The molecule has 6 saturated carbocycles. The molecular formula is C41H62O7. The molecule has 4 unspecified atom stereocenters. The number of rotatable bonds is 4. The van der Waals surface area contributed by atoms with Crippen LogP contribution in [0, 0.1) is 56.2 Å². The van der Waals surface area contributed by atoms with Gasteiger partial charge in [-0.25, -0.2) is 9.59 Å². The summed E-state index contributed by atoms with van der Waals surface area (Å²) in [6, 6.07) is 0. The van der Waals surface area contributed by atoms with E-state index >= 15 is 0 Å². The summed E-state index contributed by atoms with van der Waals surface area (Å²) in [5, 5.41) is 24.0. The molecule has 6 aliphatic carbocycles. The Hall–Kier alpha value is -1.70. The summed E-state index contributed by atoms with van der Waals surface area (Å²) in [5.74, 6) is -0.239. The highest BCUT2D eigenvalue weighted by Crippen LogP contribution is 2.84. The SMILES string of the molecule is C/C=C(/C)C(=O)O[C@@H]1C2[C@H]3O[C@]45CCC6[C@@]7(C)CC[C@H](O)C(C)(C)C7CC[C@@]6(C)[C@]4(C)C[C@@H](O)[C@]3(C5CC2(C)C)[C@H]1OC(=O)/C(C)=C\C. The van der Waals surface area contributed by atoms with Crippen molar-refractivity contribution in [3.8, 4) is 0 Å². The monoisotopic (exact) mass is 666 g/mol. The average molecular weight is 667 g/mol. The van der Waals surface area contributed by atoms with Gasteiger partial charge in [-0.15, -0.1) is 0 Å². The van der Waals surface area contributed by atoms with Crippen LogP contribution in [0.5, 0.6) is 0 Å². The van der Waals surface area contributed by atoms with E-state index in [9.17, 15) is 19.8 Å². The average Bonchev–Trinajstić information content (AvgIpc) is 3.31. The van der Waals surface area contributed by atoms with Gasteiger partial charge in [0.25, 0.3) is 0 Å². The third-order valence-electron chi connectivity index (χ3n) is 17.3. The second-order valence-electron chi connectivity index (χ2n) is 19.4. The molecule has 7 fully saturated rings. The van der Waals surface area contributed by atoms with Gasteiger partial charge >= 0.3 is 11.9 Å². The summed E-state index contributed by atoms with van der Waals surface area (Å²) >= 11 is 0. The van der Waals surface area contributed by atoms with Crippen LogP contribution in [-0.4, -0.2) is 58.3 Å². The van der Waals surface area contributed by atoms with E-state index in [2.05, 4.69) is 48.5 Å². The minimum atomic E-state index is -0.862. The number of ether oxygens (including phenoxy) is 3. The number of carbonyl (C=O) groups is 2.